The smallest absolute Gasteiger partial charge is 0.366 e. The molecule has 0 aromatic carbocycles. The van der Waals surface area contributed by atoms with Gasteiger partial charge in [-0.3, -0.25) is 0 Å². The summed E-state index contributed by atoms with van der Waals surface area (Å²) in [5.74, 6) is -1.35. The van der Waals surface area contributed by atoms with E-state index in [4.69, 9.17) is 9.47 Å². The van der Waals surface area contributed by atoms with E-state index in [1.54, 1.807) is 0 Å². The van der Waals surface area contributed by atoms with Crippen LogP contribution in [0, 0.1) is 0 Å². The first-order chi connectivity index (χ1) is 8.87. The van der Waals surface area contributed by atoms with Crippen LogP contribution in [-0.4, -0.2) is 44.6 Å². The Morgan fingerprint density at radius 3 is 3.00 bits per heavy atom. The number of hydrogen-bond donors (Lipinski definition) is 2. The van der Waals surface area contributed by atoms with E-state index in [9.17, 15) is 18.3 Å². The summed E-state index contributed by atoms with van der Waals surface area (Å²) >= 11 is 0. The first-order valence-electron chi connectivity index (χ1n) is 5.68. The topological polar surface area (TPSA) is 81.4 Å². The van der Waals surface area contributed by atoms with Gasteiger partial charge in [0.25, 0.3) is 5.82 Å². The Morgan fingerprint density at radius 1 is 1.47 bits per heavy atom. The second-order valence-electron chi connectivity index (χ2n) is 4.86. The van der Waals surface area contributed by atoms with Crippen molar-refractivity contribution in [1.29, 1.82) is 0 Å². The van der Waals surface area contributed by atoms with Crippen molar-refractivity contribution < 1.29 is 27.8 Å². The number of alkyl halides is 3. The number of aromatic nitrogens is 3. The molecule has 0 amide bonds. The molecule has 4 bridgehead atoms. The largest absolute Gasteiger partial charge is 0.453 e. The lowest BCUT2D eigenvalue weighted by atomic mass is 9.95. The van der Waals surface area contributed by atoms with E-state index in [0.717, 1.165) is 4.68 Å². The van der Waals surface area contributed by atoms with E-state index in [1.165, 1.54) is 0 Å². The van der Waals surface area contributed by atoms with E-state index in [2.05, 4.69) is 15.4 Å². The van der Waals surface area contributed by atoms with Crippen molar-refractivity contribution in [1.82, 2.24) is 14.8 Å². The first kappa shape index (κ1) is 11.4. The third-order valence-electron chi connectivity index (χ3n) is 3.58. The van der Waals surface area contributed by atoms with Crippen LogP contribution in [0.15, 0.2) is 0 Å². The van der Waals surface area contributed by atoms with Crippen molar-refractivity contribution in [2.45, 2.75) is 36.8 Å². The molecule has 104 valence electrons. The summed E-state index contributed by atoms with van der Waals surface area (Å²) in [5.41, 5.74) is -1.57. The summed E-state index contributed by atoms with van der Waals surface area (Å²) in [5, 5.41) is 16.3. The third kappa shape index (κ3) is 1.44. The molecule has 1 aromatic rings. The van der Waals surface area contributed by atoms with Crippen LogP contribution in [0.25, 0.3) is 0 Å². The van der Waals surface area contributed by atoms with Gasteiger partial charge >= 0.3 is 6.18 Å². The number of aliphatic hydroxyl groups is 1. The molecule has 4 heterocycles. The Hall–Kier alpha value is -1.39. The second kappa shape index (κ2) is 3.19. The SMILES string of the molecule is O[C@@]12C[C@H]([C@H]3CO[C@@H]1O3)n1nc(C(F)(F)F)nc1N2. The molecule has 3 aliphatic heterocycles. The Bertz CT molecular complexity index is 547. The van der Waals surface area contributed by atoms with E-state index in [-0.39, 0.29) is 19.0 Å². The van der Waals surface area contributed by atoms with Gasteiger partial charge in [-0.25, -0.2) is 4.68 Å². The Morgan fingerprint density at radius 2 is 2.26 bits per heavy atom. The molecule has 2 N–H and O–H groups in total. The fourth-order valence-corrected chi connectivity index (χ4v) is 2.73. The molecule has 2 fully saturated rings. The lowest BCUT2D eigenvalue weighted by Crippen LogP contribution is -2.58. The van der Waals surface area contributed by atoms with Gasteiger partial charge in [0.2, 0.25) is 12.2 Å². The number of ether oxygens (including phenoxy) is 2. The van der Waals surface area contributed by atoms with Gasteiger partial charge < -0.3 is 19.9 Å². The van der Waals surface area contributed by atoms with Crippen molar-refractivity contribution in [3.63, 3.8) is 0 Å². The highest BCUT2D eigenvalue weighted by atomic mass is 19.4. The molecule has 0 radical (unpaired) electrons. The van der Waals surface area contributed by atoms with Gasteiger partial charge in [0.05, 0.1) is 12.6 Å². The Balaban J connectivity index is 1.82. The van der Waals surface area contributed by atoms with Gasteiger partial charge in [-0.05, 0) is 0 Å². The highest BCUT2D eigenvalue weighted by Gasteiger charge is 2.58. The van der Waals surface area contributed by atoms with Crippen LogP contribution in [0.5, 0.6) is 0 Å². The molecule has 4 rings (SSSR count). The molecule has 1 aromatic heterocycles. The average molecular weight is 278 g/mol. The summed E-state index contributed by atoms with van der Waals surface area (Å²) in [6.45, 7) is 0.208. The third-order valence-corrected chi connectivity index (χ3v) is 3.58. The number of anilines is 1. The van der Waals surface area contributed by atoms with E-state index >= 15 is 0 Å². The standard InChI is InChI=1S/C9H9F3N4O3/c10-9(11,12)5-13-7-14-8(17)1-3(16(7)15-5)4-2-18-6(8)19-4/h3-4,6,17H,1-2H2,(H,13,14,15)/t3-,4-,6-,8+/m1/s1. The van der Waals surface area contributed by atoms with Crippen LogP contribution >= 0.6 is 0 Å². The molecule has 0 saturated carbocycles. The van der Waals surface area contributed by atoms with Gasteiger partial charge in [-0.15, -0.1) is 5.10 Å². The minimum atomic E-state index is -4.63. The molecule has 3 aliphatic rings. The van der Waals surface area contributed by atoms with Crippen LogP contribution in [0.2, 0.25) is 0 Å². The zero-order chi connectivity index (χ0) is 13.4. The van der Waals surface area contributed by atoms with Gasteiger partial charge in [0.1, 0.15) is 6.10 Å². The molecule has 2 saturated heterocycles. The minimum absolute atomic E-state index is 0.116. The van der Waals surface area contributed by atoms with E-state index < -0.39 is 36.2 Å². The van der Waals surface area contributed by atoms with Gasteiger partial charge in [0, 0.05) is 6.42 Å². The monoisotopic (exact) mass is 278 g/mol. The van der Waals surface area contributed by atoms with Gasteiger partial charge in [0.15, 0.2) is 5.72 Å². The Kier molecular flexibility index (Phi) is 1.92. The molecular weight excluding hydrogens is 269 g/mol. The highest BCUT2D eigenvalue weighted by Crippen LogP contribution is 2.45. The lowest BCUT2D eigenvalue weighted by Gasteiger charge is -2.44. The fraction of sp³-hybridized carbons (Fsp3) is 0.778. The highest BCUT2D eigenvalue weighted by molar-refractivity contribution is 5.35. The van der Waals surface area contributed by atoms with Crippen LogP contribution in [0.1, 0.15) is 18.3 Å². The maximum Gasteiger partial charge on any atom is 0.453 e. The van der Waals surface area contributed by atoms with Crippen LogP contribution in [0.4, 0.5) is 19.1 Å². The van der Waals surface area contributed by atoms with Crippen LogP contribution < -0.4 is 5.32 Å². The minimum Gasteiger partial charge on any atom is -0.366 e. The number of nitrogens with one attached hydrogen (secondary N) is 1. The number of rotatable bonds is 0. The summed E-state index contributed by atoms with van der Waals surface area (Å²) in [6.07, 6.45) is -5.78. The fourth-order valence-electron chi connectivity index (χ4n) is 2.73. The maximum absolute atomic E-state index is 12.6. The zero-order valence-corrected chi connectivity index (χ0v) is 9.39. The van der Waals surface area contributed by atoms with Crippen molar-refractivity contribution in [2.24, 2.45) is 0 Å². The molecule has 7 nitrogen and oxygen atoms in total. The average Bonchev–Trinajstić information content (AvgIpc) is 2.89. The summed E-state index contributed by atoms with van der Waals surface area (Å²) in [7, 11) is 0. The first-order valence-corrected chi connectivity index (χ1v) is 5.68. The molecule has 10 heteroatoms. The zero-order valence-electron chi connectivity index (χ0n) is 9.39. The molecular formula is C9H9F3N4O3. The van der Waals surface area contributed by atoms with Gasteiger partial charge in [-0.1, -0.05) is 0 Å². The molecule has 19 heavy (non-hydrogen) atoms. The van der Waals surface area contributed by atoms with Crippen molar-refractivity contribution in [3.8, 4) is 0 Å². The van der Waals surface area contributed by atoms with Crippen molar-refractivity contribution in [2.75, 3.05) is 11.9 Å². The summed E-state index contributed by atoms with van der Waals surface area (Å²) in [4.78, 5) is 3.39. The second-order valence-corrected chi connectivity index (χ2v) is 4.86. The summed E-state index contributed by atoms with van der Waals surface area (Å²) in [6, 6.07) is -0.524. The van der Waals surface area contributed by atoms with Crippen LogP contribution in [-0.2, 0) is 15.7 Å². The van der Waals surface area contributed by atoms with E-state index in [0.29, 0.717) is 0 Å². The Labute approximate surface area is 104 Å². The molecule has 0 spiro atoms. The predicted octanol–water partition coefficient (Wildman–Crippen LogP) is 0.0973. The molecule has 0 unspecified atom stereocenters. The quantitative estimate of drug-likeness (QED) is 0.700. The summed E-state index contributed by atoms with van der Waals surface area (Å²) < 4.78 is 49.6. The maximum atomic E-state index is 12.6. The normalized spacial score (nSPS) is 39.9. The van der Waals surface area contributed by atoms with E-state index in [1.807, 2.05) is 0 Å². The van der Waals surface area contributed by atoms with Gasteiger partial charge in [-0.2, -0.15) is 18.2 Å². The lowest BCUT2D eigenvalue weighted by molar-refractivity contribution is -0.215. The molecule has 4 atom stereocenters. The van der Waals surface area contributed by atoms with Crippen molar-refractivity contribution in [3.05, 3.63) is 5.82 Å². The molecule has 0 aliphatic carbocycles. The number of hydrogen-bond acceptors (Lipinski definition) is 6. The number of fused-ring (bicyclic) bond motifs is 8. The van der Waals surface area contributed by atoms with Crippen molar-refractivity contribution >= 4 is 5.95 Å². The number of nitrogens with zero attached hydrogens (tertiary/aromatic N) is 3. The van der Waals surface area contributed by atoms with Crippen LogP contribution in [0.3, 0.4) is 0 Å². The number of halogens is 3. The predicted molar refractivity (Wildman–Crippen MR) is 51.9 cm³/mol.